The Kier molecular flexibility index (Phi) is 7.30. The molecular formula is C13H26N4O3S. The highest BCUT2D eigenvalue weighted by Crippen LogP contribution is 2.17. The number of H-pyrrole nitrogens is 1. The van der Waals surface area contributed by atoms with Crippen molar-refractivity contribution in [1.29, 1.82) is 0 Å². The van der Waals surface area contributed by atoms with Gasteiger partial charge in [0.1, 0.15) is 0 Å². The summed E-state index contributed by atoms with van der Waals surface area (Å²) >= 11 is 0. The lowest BCUT2D eigenvalue weighted by atomic mass is 10.3. The molecule has 2 N–H and O–H groups in total. The molecule has 0 spiro atoms. The highest BCUT2D eigenvalue weighted by molar-refractivity contribution is 7.89. The van der Waals surface area contributed by atoms with Crippen molar-refractivity contribution in [2.24, 2.45) is 0 Å². The highest BCUT2D eigenvalue weighted by atomic mass is 32.2. The number of sulfonamides is 1. The van der Waals surface area contributed by atoms with Crippen molar-refractivity contribution in [3.8, 4) is 0 Å². The number of hydrogen-bond acceptors (Lipinski definition) is 5. The Morgan fingerprint density at radius 3 is 2.38 bits per heavy atom. The summed E-state index contributed by atoms with van der Waals surface area (Å²) in [5.74, 6) is 0. The number of nitrogens with one attached hydrogen (secondary N) is 1. The van der Waals surface area contributed by atoms with Crippen LogP contribution in [0.3, 0.4) is 0 Å². The van der Waals surface area contributed by atoms with Gasteiger partial charge in [0.2, 0.25) is 0 Å². The maximum Gasteiger partial charge on any atom is 0.260 e. The summed E-state index contributed by atoms with van der Waals surface area (Å²) in [5, 5.41) is 15.4. The largest absolute Gasteiger partial charge is 0.392 e. The third-order valence-corrected chi connectivity index (χ3v) is 5.57. The van der Waals surface area contributed by atoms with Gasteiger partial charge in [0, 0.05) is 18.7 Å². The quantitative estimate of drug-likeness (QED) is 0.661. The number of aromatic nitrogens is 2. The van der Waals surface area contributed by atoms with Crippen LogP contribution < -0.4 is 0 Å². The smallest absolute Gasteiger partial charge is 0.260 e. The van der Waals surface area contributed by atoms with Crippen LogP contribution in [-0.4, -0.2) is 65.7 Å². The van der Waals surface area contributed by atoms with Gasteiger partial charge in [-0.05, 0) is 26.1 Å². The fourth-order valence-corrected chi connectivity index (χ4v) is 3.81. The lowest BCUT2D eigenvalue weighted by Gasteiger charge is -2.23. The van der Waals surface area contributed by atoms with E-state index in [1.54, 1.807) is 0 Å². The number of aromatic amines is 1. The molecule has 21 heavy (non-hydrogen) atoms. The molecule has 0 saturated heterocycles. The van der Waals surface area contributed by atoms with Gasteiger partial charge in [-0.3, -0.25) is 5.10 Å². The van der Waals surface area contributed by atoms with Crippen molar-refractivity contribution in [1.82, 2.24) is 19.4 Å². The van der Waals surface area contributed by atoms with E-state index in [1.807, 2.05) is 6.92 Å². The minimum atomic E-state index is -3.63. The molecular weight excluding hydrogens is 292 g/mol. The van der Waals surface area contributed by atoms with E-state index in [-0.39, 0.29) is 11.6 Å². The van der Waals surface area contributed by atoms with Crippen molar-refractivity contribution >= 4 is 10.0 Å². The molecule has 1 aromatic rings. The summed E-state index contributed by atoms with van der Waals surface area (Å²) in [6, 6.07) is 0. The van der Waals surface area contributed by atoms with Gasteiger partial charge in [-0.15, -0.1) is 0 Å². The molecule has 0 bridgehead atoms. The second-order valence-electron chi connectivity index (χ2n) is 4.76. The van der Waals surface area contributed by atoms with E-state index in [1.165, 1.54) is 10.5 Å². The molecule has 0 aliphatic carbocycles. The van der Waals surface area contributed by atoms with E-state index in [2.05, 4.69) is 28.9 Å². The average molecular weight is 318 g/mol. The molecule has 122 valence electrons. The molecule has 0 saturated carbocycles. The van der Waals surface area contributed by atoms with Crippen molar-refractivity contribution in [2.45, 2.75) is 38.8 Å². The number of rotatable bonds is 10. The van der Waals surface area contributed by atoms with Gasteiger partial charge >= 0.3 is 0 Å². The standard InChI is InChI=1S/C13H26N4O3S/c1-4-16(5-2)8-7-9-17(6-3)21(19,20)13-12(11-18)10-14-15-13/h10,18H,4-9,11H2,1-3H3,(H,14,15). The number of hydrogen-bond donors (Lipinski definition) is 2. The van der Waals surface area contributed by atoms with Gasteiger partial charge in [0.05, 0.1) is 12.8 Å². The van der Waals surface area contributed by atoms with Crippen LogP contribution in [0.15, 0.2) is 11.2 Å². The van der Waals surface area contributed by atoms with Crippen LogP contribution in [0.2, 0.25) is 0 Å². The van der Waals surface area contributed by atoms with E-state index in [9.17, 15) is 13.5 Å². The van der Waals surface area contributed by atoms with Crippen molar-refractivity contribution in [3.05, 3.63) is 11.8 Å². The summed E-state index contributed by atoms with van der Waals surface area (Å²) in [6.07, 6.45) is 2.12. The van der Waals surface area contributed by atoms with E-state index >= 15 is 0 Å². The molecule has 0 radical (unpaired) electrons. The van der Waals surface area contributed by atoms with E-state index in [0.717, 1.165) is 26.1 Å². The molecule has 0 amide bonds. The molecule has 1 aromatic heterocycles. The van der Waals surface area contributed by atoms with Crippen LogP contribution in [0.5, 0.6) is 0 Å². The Morgan fingerprint density at radius 1 is 1.19 bits per heavy atom. The molecule has 8 heteroatoms. The monoisotopic (exact) mass is 318 g/mol. The molecule has 0 aromatic carbocycles. The van der Waals surface area contributed by atoms with Crippen LogP contribution in [0, 0.1) is 0 Å². The zero-order chi connectivity index (χ0) is 15.9. The predicted octanol–water partition coefficient (Wildman–Crippen LogP) is 0.645. The first-order valence-corrected chi connectivity index (χ1v) is 8.80. The third-order valence-electron chi connectivity index (χ3n) is 3.58. The Morgan fingerprint density at radius 2 is 1.86 bits per heavy atom. The summed E-state index contributed by atoms with van der Waals surface area (Å²) in [7, 11) is -3.63. The summed E-state index contributed by atoms with van der Waals surface area (Å²) in [6.45, 7) is 9.30. The average Bonchev–Trinajstić information content (AvgIpc) is 2.96. The third kappa shape index (κ3) is 4.50. The maximum atomic E-state index is 12.5. The Hall–Kier alpha value is -0.960. The Labute approximate surface area is 127 Å². The van der Waals surface area contributed by atoms with Crippen molar-refractivity contribution < 1.29 is 13.5 Å². The number of nitrogens with zero attached hydrogens (tertiary/aromatic N) is 3. The predicted molar refractivity (Wildman–Crippen MR) is 81.3 cm³/mol. The lowest BCUT2D eigenvalue weighted by Crippen LogP contribution is -2.35. The van der Waals surface area contributed by atoms with Gasteiger partial charge in [0.25, 0.3) is 10.0 Å². The van der Waals surface area contributed by atoms with Gasteiger partial charge in [-0.25, -0.2) is 8.42 Å². The molecule has 7 nitrogen and oxygen atoms in total. The van der Waals surface area contributed by atoms with Gasteiger partial charge in [-0.1, -0.05) is 20.8 Å². The molecule has 0 aliphatic rings. The van der Waals surface area contributed by atoms with Gasteiger partial charge in [-0.2, -0.15) is 9.40 Å². The van der Waals surface area contributed by atoms with Crippen LogP contribution in [0.4, 0.5) is 0 Å². The second-order valence-corrected chi connectivity index (χ2v) is 6.63. The van der Waals surface area contributed by atoms with Crippen LogP contribution in [-0.2, 0) is 16.6 Å². The lowest BCUT2D eigenvalue weighted by molar-refractivity contribution is 0.276. The topological polar surface area (TPSA) is 89.5 Å². The maximum absolute atomic E-state index is 12.5. The van der Waals surface area contributed by atoms with Crippen molar-refractivity contribution in [2.75, 3.05) is 32.7 Å². The molecule has 1 rings (SSSR count). The van der Waals surface area contributed by atoms with Crippen molar-refractivity contribution in [3.63, 3.8) is 0 Å². The SMILES string of the molecule is CCN(CC)CCCN(CC)S(=O)(=O)c1[nH]ncc1CO. The first-order chi connectivity index (χ1) is 10.0. The summed E-state index contributed by atoms with van der Waals surface area (Å²) in [5.41, 5.74) is 0.303. The Bertz CT molecular complexity index is 511. The van der Waals surface area contributed by atoms with Crippen LogP contribution in [0.25, 0.3) is 0 Å². The van der Waals surface area contributed by atoms with E-state index in [0.29, 0.717) is 18.7 Å². The fourth-order valence-electron chi connectivity index (χ4n) is 2.22. The van der Waals surface area contributed by atoms with Gasteiger partial charge < -0.3 is 10.0 Å². The number of aliphatic hydroxyl groups excluding tert-OH is 1. The van der Waals surface area contributed by atoms with Gasteiger partial charge in [0.15, 0.2) is 5.03 Å². The van der Waals surface area contributed by atoms with Crippen LogP contribution >= 0.6 is 0 Å². The van der Waals surface area contributed by atoms with E-state index < -0.39 is 10.0 Å². The fraction of sp³-hybridized carbons (Fsp3) is 0.769. The highest BCUT2D eigenvalue weighted by Gasteiger charge is 2.27. The first-order valence-electron chi connectivity index (χ1n) is 7.36. The minimum Gasteiger partial charge on any atom is -0.392 e. The zero-order valence-corrected chi connectivity index (χ0v) is 13.9. The zero-order valence-electron chi connectivity index (χ0n) is 13.0. The first kappa shape index (κ1) is 18.1. The van der Waals surface area contributed by atoms with Crippen LogP contribution in [0.1, 0.15) is 32.8 Å². The molecule has 0 fully saturated rings. The molecule has 0 unspecified atom stereocenters. The number of aliphatic hydroxyl groups is 1. The molecule has 0 aliphatic heterocycles. The van der Waals surface area contributed by atoms with E-state index in [4.69, 9.17) is 0 Å². The minimum absolute atomic E-state index is 0.00492. The molecule has 1 heterocycles. The Balaban J connectivity index is 2.75. The summed E-state index contributed by atoms with van der Waals surface area (Å²) < 4.78 is 26.5. The normalized spacial score (nSPS) is 12.5. The molecule has 0 atom stereocenters. The summed E-state index contributed by atoms with van der Waals surface area (Å²) in [4.78, 5) is 2.26. The second kappa shape index (κ2) is 8.47.